The molecule has 4 aromatic rings. The molecule has 41 heavy (non-hydrogen) atoms. The molecule has 1 saturated heterocycles. The first-order chi connectivity index (χ1) is 19.5. The number of pyridine rings is 1. The number of benzene rings is 2. The number of nitrogens with zero attached hydrogens (tertiary/aromatic N) is 5. The number of fused-ring (bicyclic) bond motifs is 1. The Labute approximate surface area is 243 Å². The summed E-state index contributed by atoms with van der Waals surface area (Å²) in [6, 6.07) is 11.3. The minimum atomic E-state index is -0.778. The van der Waals surface area contributed by atoms with Crippen molar-refractivity contribution in [1.82, 2.24) is 19.4 Å². The molecule has 2 N–H and O–H groups in total. The molecule has 8 nitrogen and oxygen atoms in total. The standard InChI is InChI=1S/C31H33ClFN5O3/c1-6-25(40)36-13-14-37(19(5)16-36)29-21-15-22(32)27(26-23(33)11-8-12-24(26)39)34-30(21)38(31(41)35-29)28-18(4)9-7-10-20(28)17(2)3/h6-12,15,17,19,25,39-40H,1,13-14,16H2,2-5H3/t19-,25?/m0/s1. The smallest absolute Gasteiger partial charge is 0.355 e. The molecule has 2 atom stereocenters. The van der Waals surface area contributed by atoms with Crippen LogP contribution in [-0.4, -0.2) is 61.6 Å². The van der Waals surface area contributed by atoms with Crippen LogP contribution in [0.4, 0.5) is 10.2 Å². The van der Waals surface area contributed by atoms with E-state index in [0.717, 1.165) is 11.1 Å². The van der Waals surface area contributed by atoms with Gasteiger partial charge in [0.2, 0.25) is 0 Å². The summed E-state index contributed by atoms with van der Waals surface area (Å²) in [4.78, 5) is 27.2. The first-order valence-electron chi connectivity index (χ1n) is 13.6. The molecule has 0 saturated carbocycles. The van der Waals surface area contributed by atoms with E-state index in [1.165, 1.54) is 28.8 Å². The van der Waals surface area contributed by atoms with E-state index in [1.807, 2.05) is 55.7 Å². The van der Waals surface area contributed by atoms with E-state index >= 15 is 4.39 Å². The van der Waals surface area contributed by atoms with Gasteiger partial charge in [0.15, 0.2) is 5.65 Å². The number of halogens is 2. The van der Waals surface area contributed by atoms with Crippen LogP contribution >= 0.6 is 11.6 Å². The highest BCUT2D eigenvalue weighted by Crippen LogP contribution is 2.39. The fraction of sp³-hybridized carbons (Fsp3) is 0.323. The Bertz CT molecular complexity index is 1690. The second kappa shape index (κ2) is 11.2. The highest BCUT2D eigenvalue weighted by molar-refractivity contribution is 6.34. The van der Waals surface area contributed by atoms with Gasteiger partial charge in [0.05, 0.1) is 27.4 Å². The fourth-order valence-electron chi connectivity index (χ4n) is 5.59. The number of aliphatic hydroxyl groups excluding tert-OH is 1. The number of phenols is 1. The maximum atomic E-state index is 15.0. The van der Waals surface area contributed by atoms with E-state index < -0.39 is 17.7 Å². The zero-order chi connectivity index (χ0) is 29.6. The molecule has 214 valence electrons. The van der Waals surface area contributed by atoms with Crippen LogP contribution in [0.5, 0.6) is 5.75 Å². The molecule has 1 aliphatic heterocycles. The number of hydrogen-bond acceptors (Lipinski definition) is 7. The summed E-state index contributed by atoms with van der Waals surface area (Å²) in [5, 5.41) is 21.5. The van der Waals surface area contributed by atoms with Crippen molar-refractivity contribution in [3.8, 4) is 22.7 Å². The molecular weight excluding hydrogens is 545 g/mol. The summed E-state index contributed by atoms with van der Waals surface area (Å²) in [5.41, 5.74) is 2.01. The molecule has 1 aliphatic rings. The van der Waals surface area contributed by atoms with Gasteiger partial charge in [-0.2, -0.15) is 4.98 Å². The monoisotopic (exact) mass is 577 g/mol. The topological polar surface area (TPSA) is 94.7 Å². The average molecular weight is 578 g/mol. The van der Waals surface area contributed by atoms with Gasteiger partial charge in [0, 0.05) is 25.7 Å². The molecule has 5 rings (SSSR count). The van der Waals surface area contributed by atoms with Crippen molar-refractivity contribution in [2.24, 2.45) is 0 Å². The Hall–Kier alpha value is -3.79. The van der Waals surface area contributed by atoms with Gasteiger partial charge < -0.3 is 15.1 Å². The highest BCUT2D eigenvalue weighted by Gasteiger charge is 2.31. The molecule has 0 spiro atoms. The van der Waals surface area contributed by atoms with Gasteiger partial charge in [0.1, 0.15) is 23.6 Å². The maximum absolute atomic E-state index is 15.0. The Morgan fingerprint density at radius 1 is 1.17 bits per heavy atom. The number of hydrogen-bond donors (Lipinski definition) is 2. The number of phenolic OH excluding ortho intramolecular Hbond substituents is 1. The van der Waals surface area contributed by atoms with Crippen LogP contribution in [0, 0.1) is 12.7 Å². The van der Waals surface area contributed by atoms with Crippen LogP contribution in [0.15, 0.2) is 59.9 Å². The third-order valence-corrected chi connectivity index (χ3v) is 7.95. The van der Waals surface area contributed by atoms with Crippen molar-refractivity contribution in [2.75, 3.05) is 24.5 Å². The van der Waals surface area contributed by atoms with Gasteiger partial charge in [-0.1, -0.05) is 56.3 Å². The van der Waals surface area contributed by atoms with E-state index in [1.54, 1.807) is 6.07 Å². The van der Waals surface area contributed by atoms with Gasteiger partial charge >= 0.3 is 5.69 Å². The summed E-state index contributed by atoms with van der Waals surface area (Å²) < 4.78 is 16.5. The largest absolute Gasteiger partial charge is 0.507 e. The van der Waals surface area contributed by atoms with Gasteiger partial charge in [-0.05, 0) is 55.2 Å². The summed E-state index contributed by atoms with van der Waals surface area (Å²) in [6.07, 6.45) is 0.703. The van der Waals surface area contributed by atoms with Crippen molar-refractivity contribution in [3.05, 3.63) is 87.6 Å². The quantitative estimate of drug-likeness (QED) is 0.297. The highest BCUT2D eigenvalue weighted by atomic mass is 35.5. The van der Waals surface area contributed by atoms with Crippen molar-refractivity contribution in [1.29, 1.82) is 0 Å². The number of aromatic hydroxyl groups is 1. The number of anilines is 1. The molecule has 0 amide bonds. The summed E-state index contributed by atoms with van der Waals surface area (Å²) in [6.45, 7) is 13.2. The molecule has 10 heteroatoms. The van der Waals surface area contributed by atoms with E-state index in [0.29, 0.717) is 36.5 Å². The zero-order valence-electron chi connectivity index (χ0n) is 23.5. The molecule has 2 aromatic carbocycles. The molecule has 1 unspecified atom stereocenters. The predicted molar refractivity (Wildman–Crippen MR) is 161 cm³/mol. The number of para-hydroxylation sites is 1. The first-order valence-corrected chi connectivity index (χ1v) is 13.9. The predicted octanol–water partition coefficient (Wildman–Crippen LogP) is 5.39. The lowest BCUT2D eigenvalue weighted by Gasteiger charge is -2.42. The number of aryl methyl sites for hydroxylation is 1. The summed E-state index contributed by atoms with van der Waals surface area (Å²) >= 11 is 6.74. The van der Waals surface area contributed by atoms with Gasteiger partial charge in [-0.15, -0.1) is 0 Å². The molecule has 0 aliphatic carbocycles. The Morgan fingerprint density at radius 3 is 2.56 bits per heavy atom. The van der Waals surface area contributed by atoms with E-state index in [2.05, 4.69) is 11.6 Å². The van der Waals surface area contributed by atoms with Crippen molar-refractivity contribution >= 4 is 28.5 Å². The van der Waals surface area contributed by atoms with Crippen LogP contribution in [0.25, 0.3) is 28.0 Å². The Balaban J connectivity index is 1.83. The van der Waals surface area contributed by atoms with Crippen molar-refractivity contribution < 1.29 is 14.6 Å². The third kappa shape index (κ3) is 5.09. The molecule has 0 radical (unpaired) electrons. The molecule has 2 aromatic heterocycles. The summed E-state index contributed by atoms with van der Waals surface area (Å²) in [7, 11) is 0. The lowest BCUT2D eigenvalue weighted by atomic mass is 9.98. The third-order valence-electron chi connectivity index (χ3n) is 7.66. The number of aliphatic hydroxyl groups is 1. The molecule has 0 bridgehead atoms. The minimum Gasteiger partial charge on any atom is -0.507 e. The number of piperazine rings is 1. The molecule has 1 fully saturated rings. The normalized spacial score (nSPS) is 16.9. The van der Waals surface area contributed by atoms with E-state index in [4.69, 9.17) is 16.6 Å². The molecular formula is C31H33ClFN5O3. The first kappa shape index (κ1) is 28.7. The minimum absolute atomic E-state index is 0.0201. The van der Waals surface area contributed by atoms with Crippen LogP contribution in [-0.2, 0) is 0 Å². The Morgan fingerprint density at radius 2 is 1.90 bits per heavy atom. The Kier molecular flexibility index (Phi) is 7.87. The van der Waals surface area contributed by atoms with Crippen LogP contribution in [0.1, 0.15) is 37.8 Å². The van der Waals surface area contributed by atoms with Crippen LogP contribution in [0.3, 0.4) is 0 Å². The van der Waals surface area contributed by atoms with Crippen molar-refractivity contribution in [2.45, 2.75) is 45.9 Å². The van der Waals surface area contributed by atoms with Crippen LogP contribution in [0.2, 0.25) is 5.02 Å². The molecule has 3 heterocycles. The SMILES string of the molecule is C=CC(O)N1CCN(c2nc(=O)n(-c3c(C)cccc3C(C)C)c3nc(-c4c(O)cccc4F)c(Cl)cc23)[C@@H](C)C1. The average Bonchev–Trinajstić information content (AvgIpc) is 2.93. The van der Waals surface area contributed by atoms with E-state index in [9.17, 15) is 15.0 Å². The number of rotatable bonds is 6. The van der Waals surface area contributed by atoms with Crippen molar-refractivity contribution in [3.63, 3.8) is 0 Å². The van der Waals surface area contributed by atoms with Gasteiger partial charge in [0.25, 0.3) is 0 Å². The second-order valence-corrected chi connectivity index (χ2v) is 11.1. The maximum Gasteiger partial charge on any atom is 0.355 e. The second-order valence-electron chi connectivity index (χ2n) is 10.7. The number of aromatic nitrogens is 3. The van der Waals surface area contributed by atoms with Gasteiger partial charge in [-0.25, -0.2) is 18.7 Å². The lowest BCUT2D eigenvalue weighted by molar-refractivity contribution is 0.0296. The lowest BCUT2D eigenvalue weighted by Crippen LogP contribution is -2.55. The van der Waals surface area contributed by atoms with Crippen LogP contribution < -0.4 is 10.6 Å². The zero-order valence-corrected chi connectivity index (χ0v) is 24.2. The van der Waals surface area contributed by atoms with Gasteiger partial charge in [-0.3, -0.25) is 4.90 Å². The summed E-state index contributed by atoms with van der Waals surface area (Å²) in [5.74, 6) is -0.518. The van der Waals surface area contributed by atoms with E-state index in [-0.39, 0.29) is 39.6 Å². The fourth-order valence-corrected chi connectivity index (χ4v) is 5.84.